The first-order valence-corrected chi connectivity index (χ1v) is 8.27. The summed E-state index contributed by atoms with van der Waals surface area (Å²) in [6.45, 7) is 0. The molecule has 130 valence electrons. The molecule has 5 heteroatoms. The van der Waals surface area contributed by atoms with Crippen LogP contribution in [0.4, 0.5) is 0 Å². The Labute approximate surface area is 151 Å². The van der Waals surface area contributed by atoms with Crippen molar-refractivity contribution in [2.24, 2.45) is 5.73 Å². The molecule has 0 fully saturated rings. The van der Waals surface area contributed by atoms with Gasteiger partial charge in [-0.05, 0) is 23.3 Å². The van der Waals surface area contributed by atoms with E-state index in [-0.39, 0.29) is 0 Å². The number of benzene rings is 2. The second kappa shape index (κ2) is 8.07. The zero-order valence-electron chi connectivity index (χ0n) is 14.1. The Morgan fingerprint density at radius 1 is 0.846 bits per heavy atom. The first-order chi connectivity index (χ1) is 12.7. The van der Waals surface area contributed by atoms with Crippen LogP contribution in [0.25, 0.3) is 0 Å². The lowest BCUT2D eigenvalue weighted by Crippen LogP contribution is -2.48. The number of pyridine rings is 1. The van der Waals surface area contributed by atoms with Gasteiger partial charge in [-0.1, -0.05) is 60.7 Å². The molecule has 0 unspecified atom stereocenters. The first kappa shape index (κ1) is 17.4. The Bertz CT molecular complexity index is 828. The van der Waals surface area contributed by atoms with Crippen molar-refractivity contribution in [1.29, 1.82) is 0 Å². The fourth-order valence-electron chi connectivity index (χ4n) is 2.94. The molecular formula is C21H19N3O2. The molecule has 1 atom stereocenters. The van der Waals surface area contributed by atoms with E-state index in [4.69, 9.17) is 5.73 Å². The molecule has 0 radical (unpaired) electrons. The number of carbonyl (C=O) groups is 2. The van der Waals surface area contributed by atoms with Gasteiger partial charge in [0.05, 0.1) is 5.56 Å². The Hall–Kier alpha value is -3.47. The maximum atomic E-state index is 12.6. The minimum Gasteiger partial charge on any atom is -0.368 e. The number of aromatic nitrogens is 1. The normalized spacial score (nSPS) is 11.7. The van der Waals surface area contributed by atoms with Crippen LogP contribution in [0.1, 0.15) is 27.4 Å². The third kappa shape index (κ3) is 3.95. The highest BCUT2D eigenvalue weighted by molar-refractivity contribution is 5.97. The second-order valence-corrected chi connectivity index (χ2v) is 5.89. The Morgan fingerprint density at radius 3 is 1.88 bits per heavy atom. The van der Waals surface area contributed by atoms with Gasteiger partial charge >= 0.3 is 0 Å². The number of nitrogens with zero attached hydrogens (tertiary/aromatic N) is 1. The van der Waals surface area contributed by atoms with Crippen LogP contribution in [0.2, 0.25) is 0 Å². The molecule has 0 saturated carbocycles. The highest BCUT2D eigenvalue weighted by atomic mass is 16.2. The third-order valence-corrected chi connectivity index (χ3v) is 4.17. The maximum Gasteiger partial charge on any atom is 0.253 e. The Kier molecular flexibility index (Phi) is 5.39. The van der Waals surface area contributed by atoms with Gasteiger partial charge < -0.3 is 11.1 Å². The summed E-state index contributed by atoms with van der Waals surface area (Å²) >= 11 is 0. The van der Waals surface area contributed by atoms with Gasteiger partial charge in [0.15, 0.2) is 0 Å². The van der Waals surface area contributed by atoms with Gasteiger partial charge in [-0.25, -0.2) is 0 Å². The van der Waals surface area contributed by atoms with Crippen LogP contribution in [0, 0.1) is 0 Å². The van der Waals surface area contributed by atoms with Crippen LogP contribution in [0.5, 0.6) is 0 Å². The lowest BCUT2D eigenvalue weighted by atomic mass is 9.84. The van der Waals surface area contributed by atoms with E-state index in [1.807, 2.05) is 60.7 Å². The van der Waals surface area contributed by atoms with E-state index in [0.29, 0.717) is 5.56 Å². The molecule has 3 aromatic rings. The highest BCUT2D eigenvalue weighted by Gasteiger charge is 2.31. The summed E-state index contributed by atoms with van der Waals surface area (Å²) in [5, 5.41) is 2.78. The zero-order chi connectivity index (χ0) is 18.4. The van der Waals surface area contributed by atoms with Crippen molar-refractivity contribution in [1.82, 2.24) is 10.3 Å². The quantitative estimate of drug-likeness (QED) is 0.720. The molecule has 26 heavy (non-hydrogen) atoms. The number of amides is 2. The van der Waals surface area contributed by atoms with Crippen LogP contribution in [0.15, 0.2) is 85.2 Å². The van der Waals surface area contributed by atoms with E-state index in [9.17, 15) is 9.59 Å². The topological polar surface area (TPSA) is 85.1 Å². The highest BCUT2D eigenvalue weighted by Crippen LogP contribution is 2.28. The molecule has 1 heterocycles. The predicted molar refractivity (Wildman–Crippen MR) is 99.4 cm³/mol. The molecule has 3 N–H and O–H groups in total. The summed E-state index contributed by atoms with van der Waals surface area (Å²) in [6, 6.07) is 21.5. The number of hydrogen-bond donors (Lipinski definition) is 2. The number of rotatable bonds is 6. The van der Waals surface area contributed by atoms with E-state index in [1.165, 1.54) is 6.20 Å². The van der Waals surface area contributed by atoms with Gasteiger partial charge in [-0.3, -0.25) is 14.6 Å². The number of carbonyl (C=O) groups excluding carboxylic acids is 2. The molecular weight excluding hydrogens is 326 g/mol. The SMILES string of the molecule is NC(=O)[C@H](NC(=O)c1cccnc1)C(c1ccccc1)c1ccccc1. The summed E-state index contributed by atoms with van der Waals surface area (Å²) in [6.07, 6.45) is 3.03. The number of hydrogen-bond acceptors (Lipinski definition) is 3. The van der Waals surface area contributed by atoms with Gasteiger partial charge in [0.2, 0.25) is 5.91 Å². The van der Waals surface area contributed by atoms with Crippen LogP contribution in [-0.4, -0.2) is 22.8 Å². The van der Waals surface area contributed by atoms with Crippen molar-refractivity contribution in [2.75, 3.05) is 0 Å². The lowest BCUT2D eigenvalue weighted by molar-refractivity contribution is -0.120. The minimum atomic E-state index is -0.896. The third-order valence-electron chi connectivity index (χ3n) is 4.17. The van der Waals surface area contributed by atoms with Crippen LogP contribution < -0.4 is 11.1 Å². The van der Waals surface area contributed by atoms with Crippen molar-refractivity contribution in [3.05, 3.63) is 102 Å². The van der Waals surface area contributed by atoms with Crippen LogP contribution in [0.3, 0.4) is 0 Å². The van der Waals surface area contributed by atoms with Gasteiger partial charge in [0.1, 0.15) is 6.04 Å². The minimum absolute atomic E-state index is 0.374. The standard InChI is InChI=1S/C21H19N3O2/c22-20(25)19(24-21(26)17-12-7-13-23-14-17)18(15-8-3-1-4-9-15)16-10-5-2-6-11-16/h1-14,18-19H,(H2,22,25)(H,24,26)/t19-/m1/s1. The Morgan fingerprint density at radius 2 is 1.42 bits per heavy atom. The van der Waals surface area contributed by atoms with E-state index in [0.717, 1.165) is 11.1 Å². The summed E-state index contributed by atoms with van der Waals surface area (Å²) in [5.74, 6) is -1.38. The maximum absolute atomic E-state index is 12.6. The van der Waals surface area contributed by atoms with Crippen molar-refractivity contribution >= 4 is 11.8 Å². The lowest BCUT2D eigenvalue weighted by Gasteiger charge is -2.26. The van der Waals surface area contributed by atoms with Crippen molar-refractivity contribution in [2.45, 2.75) is 12.0 Å². The number of nitrogens with one attached hydrogen (secondary N) is 1. The van der Waals surface area contributed by atoms with E-state index in [1.54, 1.807) is 18.3 Å². The van der Waals surface area contributed by atoms with Crippen molar-refractivity contribution in [3.8, 4) is 0 Å². The summed E-state index contributed by atoms with van der Waals surface area (Å²) in [4.78, 5) is 28.8. The zero-order valence-corrected chi connectivity index (χ0v) is 14.1. The molecule has 3 rings (SSSR count). The number of nitrogens with two attached hydrogens (primary N) is 1. The molecule has 2 amide bonds. The van der Waals surface area contributed by atoms with Gasteiger partial charge in [0.25, 0.3) is 5.91 Å². The smallest absolute Gasteiger partial charge is 0.253 e. The van der Waals surface area contributed by atoms with Gasteiger partial charge in [-0.2, -0.15) is 0 Å². The molecule has 0 aliphatic rings. The van der Waals surface area contributed by atoms with Crippen molar-refractivity contribution < 1.29 is 9.59 Å². The van der Waals surface area contributed by atoms with E-state index in [2.05, 4.69) is 10.3 Å². The molecule has 2 aromatic carbocycles. The largest absolute Gasteiger partial charge is 0.368 e. The second-order valence-electron chi connectivity index (χ2n) is 5.89. The average Bonchev–Trinajstić information content (AvgIpc) is 2.69. The van der Waals surface area contributed by atoms with Crippen molar-refractivity contribution in [3.63, 3.8) is 0 Å². The molecule has 0 aliphatic carbocycles. The van der Waals surface area contributed by atoms with E-state index >= 15 is 0 Å². The monoisotopic (exact) mass is 345 g/mol. The summed E-state index contributed by atoms with van der Waals surface area (Å²) < 4.78 is 0. The molecule has 0 saturated heterocycles. The average molecular weight is 345 g/mol. The van der Waals surface area contributed by atoms with Crippen LogP contribution in [-0.2, 0) is 4.79 Å². The Balaban J connectivity index is 1.99. The fourth-order valence-corrected chi connectivity index (χ4v) is 2.94. The van der Waals surface area contributed by atoms with E-state index < -0.39 is 23.8 Å². The molecule has 0 bridgehead atoms. The predicted octanol–water partition coefficient (Wildman–Crippen LogP) is 2.50. The summed E-state index contributed by atoms with van der Waals surface area (Å²) in [7, 11) is 0. The van der Waals surface area contributed by atoms with Gasteiger partial charge in [-0.15, -0.1) is 0 Å². The van der Waals surface area contributed by atoms with Crippen LogP contribution >= 0.6 is 0 Å². The van der Waals surface area contributed by atoms with Gasteiger partial charge in [0, 0.05) is 18.3 Å². The first-order valence-electron chi connectivity index (χ1n) is 8.27. The fraction of sp³-hybridized carbons (Fsp3) is 0.0952. The summed E-state index contributed by atoms with van der Waals surface area (Å²) in [5.41, 5.74) is 7.84. The molecule has 5 nitrogen and oxygen atoms in total. The number of primary amides is 1. The molecule has 1 aromatic heterocycles. The molecule has 0 spiro atoms. The molecule has 0 aliphatic heterocycles.